The standard InChI is InChI=1S/C16H18F3N/c1-10(15-8-11-5-6-12(15)7-11)20-14-4-2-3-13(9-14)16(17,18)19/h2-6,9-12,15,20H,7-8H2,1H3. The quantitative estimate of drug-likeness (QED) is 0.791. The minimum Gasteiger partial charge on any atom is -0.382 e. The summed E-state index contributed by atoms with van der Waals surface area (Å²) in [5.41, 5.74) is -0.0402. The summed E-state index contributed by atoms with van der Waals surface area (Å²) < 4.78 is 38.1. The van der Waals surface area contributed by atoms with Gasteiger partial charge in [-0.25, -0.2) is 0 Å². The molecule has 2 aliphatic rings. The van der Waals surface area contributed by atoms with E-state index in [1.54, 1.807) is 6.07 Å². The van der Waals surface area contributed by atoms with Crippen LogP contribution < -0.4 is 5.32 Å². The third kappa shape index (κ3) is 2.56. The van der Waals surface area contributed by atoms with Crippen LogP contribution in [0.25, 0.3) is 0 Å². The highest BCUT2D eigenvalue weighted by Gasteiger charge is 2.38. The van der Waals surface area contributed by atoms with Gasteiger partial charge in [0.1, 0.15) is 0 Å². The zero-order valence-electron chi connectivity index (χ0n) is 11.3. The molecule has 1 nitrogen and oxygen atoms in total. The van der Waals surface area contributed by atoms with Crippen LogP contribution in [0.5, 0.6) is 0 Å². The van der Waals surface area contributed by atoms with Crippen LogP contribution in [0, 0.1) is 17.8 Å². The summed E-state index contributed by atoms with van der Waals surface area (Å²) >= 11 is 0. The Morgan fingerprint density at radius 1 is 1.20 bits per heavy atom. The molecule has 2 aliphatic carbocycles. The molecule has 3 rings (SSSR count). The highest BCUT2D eigenvalue weighted by Crippen LogP contribution is 2.45. The first-order chi connectivity index (χ1) is 9.43. The Balaban J connectivity index is 1.70. The average molecular weight is 281 g/mol. The molecule has 0 amide bonds. The lowest BCUT2D eigenvalue weighted by molar-refractivity contribution is -0.137. The van der Waals surface area contributed by atoms with Crippen molar-refractivity contribution in [3.8, 4) is 0 Å². The van der Waals surface area contributed by atoms with E-state index in [1.165, 1.54) is 18.6 Å². The third-order valence-corrected chi connectivity index (χ3v) is 4.56. The van der Waals surface area contributed by atoms with Crippen molar-refractivity contribution in [3.05, 3.63) is 42.0 Å². The van der Waals surface area contributed by atoms with Crippen LogP contribution >= 0.6 is 0 Å². The van der Waals surface area contributed by atoms with Crippen molar-refractivity contribution >= 4 is 5.69 Å². The number of hydrogen-bond acceptors (Lipinski definition) is 1. The van der Waals surface area contributed by atoms with E-state index in [0.717, 1.165) is 12.5 Å². The molecule has 4 heteroatoms. The summed E-state index contributed by atoms with van der Waals surface area (Å²) in [5.74, 6) is 1.80. The first kappa shape index (κ1) is 13.5. The van der Waals surface area contributed by atoms with Crippen molar-refractivity contribution in [2.24, 2.45) is 17.8 Å². The van der Waals surface area contributed by atoms with E-state index in [1.807, 2.05) is 0 Å². The van der Waals surface area contributed by atoms with Crippen LogP contribution in [0.2, 0.25) is 0 Å². The van der Waals surface area contributed by atoms with Crippen molar-refractivity contribution in [2.75, 3.05) is 5.32 Å². The van der Waals surface area contributed by atoms with Crippen LogP contribution in [0.1, 0.15) is 25.3 Å². The average Bonchev–Trinajstić information content (AvgIpc) is 3.00. The molecule has 0 spiro atoms. The highest BCUT2D eigenvalue weighted by molar-refractivity contribution is 5.47. The summed E-state index contributed by atoms with van der Waals surface area (Å²) in [6.07, 6.45) is 2.62. The van der Waals surface area contributed by atoms with Crippen LogP contribution in [-0.2, 0) is 6.18 Å². The maximum atomic E-state index is 12.7. The smallest absolute Gasteiger partial charge is 0.382 e. The first-order valence-corrected chi connectivity index (χ1v) is 7.05. The van der Waals surface area contributed by atoms with E-state index >= 15 is 0 Å². The van der Waals surface area contributed by atoms with Gasteiger partial charge in [-0.3, -0.25) is 0 Å². The predicted molar refractivity (Wildman–Crippen MR) is 73.4 cm³/mol. The summed E-state index contributed by atoms with van der Waals surface area (Å²) in [7, 11) is 0. The fourth-order valence-electron chi connectivity index (χ4n) is 3.55. The molecule has 0 aromatic heterocycles. The summed E-state index contributed by atoms with van der Waals surface area (Å²) in [6.45, 7) is 2.07. The lowest BCUT2D eigenvalue weighted by Gasteiger charge is -2.27. The molecule has 1 fully saturated rings. The zero-order valence-corrected chi connectivity index (χ0v) is 11.3. The van der Waals surface area contributed by atoms with Crippen LogP contribution in [0.4, 0.5) is 18.9 Å². The molecule has 1 aromatic carbocycles. The minimum atomic E-state index is -4.28. The number of nitrogens with one attached hydrogen (secondary N) is 1. The van der Waals surface area contributed by atoms with E-state index in [9.17, 15) is 13.2 Å². The number of hydrogen-bond donors (Lipinski definition) is 1. The van der Waals surface area contributed by atoms with E-state index in [0.29, 0.717) is 23.4 Å². The van der Waals surface area contributed by atoms with Gasteiger partial charge in [-0.2, -0.15) is 13.2 Å². The number of fused-ring (bicyclic) bond motifs is 2. The summed E-state index contributed by atoms with van der Waals surface area (Å²) in [5, 5.41) is 3.25. The molecular formula is C16H18F3N. The maximum Gasteiger partial charge on any atom is 0.416 e. The molecular weight excluding hydrogens is 263 g/mol. The highest BCUT2D eigenvalue weighted by atomic mass is 19.4. The van der Waals surface area contributed by atoms with Gasteiger partial charge >= 0.3 is 6.18 Å². The number of rotatable bonds is 3. The first-order valence-electron chi connectivity index (χ1n) is 7.05. The largest absolute Gasteiger partial charge is 0.416 e. The number of halogens is 3. The van der Waals surface area contributed by atoms with Gasteiger partial charge in [0.2, 0.25) is 0 Å². The van der Waals surface area contributed by atoms with Crippen molar-refractivity contribution < 1.29 is 13.2 Å². The van der Waals surface area contributed by atoms with Gasteiger partial charge in [-0.05, 0) is 55.7 Å². The molecule has 0 saturated heterocycles. The van der Waals surface area contributed by atoms with Gasteiger partial charge in [0.15, 0.2) is 0 Å². The van der Waals surface area contributed by atoms with E-state index in [-0.39, 0.29) is 6.04 Å². The van der Waals surface area contributed by atoms with Gasteiger partial charge in [-0.1, -0.05) is 18.2 Å². The fraction of sp³-hybridized carbons (Fsp3) is 0.500. The van der Waals surface area contributed by atoms with Crippen LogP contribution in [0.15, 0.2) is 36.4 Å². The van der Waals surface area contributed by atoms with Crippen LogP contribution in [-0.4, -0.2) is 6.04 Å². The molecule has 1 saturated carbocycles. The SMILES string of the molecule is CC(Nc1cccc(C(F)(F)F)c1)C1CC2C=CC1C2. The minimum absolute atomic E-state index is 0.193. The van der Waals surface area contributed by atoms with E-state index in [4.69, 9.17) is 0 Å². The Bertz CT molecular complexity index is 521. The van der Waals surface area contributed by atoms with E-state index in [2.05, 4.69) is 24.4 Å². The van der Waals surface area contributed by atoms with Gasteiger partial charge < -0.3 is 5.32 Å². The predicted octanol–water partition coefficient (Wildman–Crippen LogP) is 4.72. The molecule has 1 aromatic rings. The molecule has 4 unspecified atom stereocenters. The Hall–Kier alpha value is -1.45. The van der Waals surface area contributed by atoms with Gasteiger partial charge in [0.25, 0.3) is 0 Å². The molecule has 4 atom stereocenters. The number of benzene rings is 1. The van der Waals surface area contributed by atoms with Crippen LogP contribution in [0.3, 0.4) is 0 Å². The van der Waals surface area contributed by atoms with Gasteiger partial charge in [0.05, 0.1) is 5.56 Å². The van der Waals surface area contributed by atoms with Crippen molar-refractivity contribution in [3.63, 3.8) is 0 Å². The second kappa shape index (κ2) is 4.83. The second-order valence-corrected chi connectivity index (χ2v) is 5.96. The Morgan fingerprint density at radius 2 is 2.00 bits per heavy atom. The Kier molecular flexibility index (Phi) is 3.27. The molecule has 2 bridgehead atoms. The molecule has 0 radical (unpaired) electrons. The molecule has 108 valence electrons. The van der Waals surface area contributed by atoms with Crippen molar-refractivity contribution in [1.82, 2.24) is 0 Å². The maximum absolute atomic E-state index is 12.7. The van der Waals surface area contributed by atoms with Gasteiger partial charge in [-0.15, -0.1) is 0 Å². The number of anilines is 1. The fourth-order valence-corrected chi connectivity index (χ4v) is 3.55. The molecule has 0 heterocycles. The number of alkyl halides is 3. The van der Waals surface area contributed by atoms with Crippen molar-refractivity contribution in [2.45, 2.75) is 32.0 Å². The monoisotopic (exact) mass is 281 g/mol. The molecule has 1 N–H and O–H groups in total. The number of allylic oxidation sites excluding steroid dienone is 2. The second-order valence-electron chi connectivity index (χ2n) is 5.96. The Labute approximate surface area is 116 Å². The van der Waals surface area contributed by atoms with Gasteiger partial charge in [0, 0.05) is 11.7 Å². The Morgan fingerprint density at radius 3 is 2.60 bits per heavy atom. The normalized spacial score (nSPS) is 29.7. The topological polar surface area (TPSA) is 12.0 Å². The summed E-state index contributed by atoms with van der Waals surface area (Å²) in [6, 6.07) is 5.65. The summed E-state index contributed by atoms with van der Waals surface area (Å²) in [4.78, 5) is 0. The lowest BCUT2D eigenvalue weighted by Crippen LogP contribution is -2.28. The van der Waals surface area contributed by atoms with E-state index < -0.39 is 11.7 Å². The molecule has 20 heavy (non-hydrogen) atoms. The third-order valence-electron chi connectivity index (χ3n) is 4.56. The van der Waals surface area contributed by atoms with Crippen molar-refractivity contribution in [1.29, 1.82) is 0 Å². The molecule has 0 aliphatic heterocycles. The lowest BCUT2D eigenvalue weighted by atomic mass is 9.87. The zero-order chi connectivity index (χ0) is 14.3.